The Labute approximate surface area is 173 Å². The van der Waals surface area contributed by atoms with Gasteiger partial charge in [-0.25, -0.2) is 4.98 Å². The van der Waals surface area contributed by atoms with Crippen molar-refractivity contribution in [2.45, 2.75) is 13.0 Å². The smallest absolute Gasteiger partial charge is 0.269 e. The number of anilines is 3. The van der Waals surface area contributed by atoms with Crippen molar-refractivity contribution in [2.24, 2.45) is 0 Å². The number of nitrogens with one attached hydrogen (secondary N) is 1. The van der Waals surface area contributed by atoms with E-state index < -0.39 is 0 Å². The lowest BCUT2D eigenvalue weighted by atomic mass is 10.2. The summed E-state index contributed by atoms with van der Waals surface area (Å²) in [5, 5.41) is 2.88. The Kier molecular flexibility index (Phi) is 4.52. The van der Waals surface area contributed by atoms with Gasteiger partial charge in [-0.2, -0.15) is 0 Å². The summed E-state index contributed by atoms with van der Waals surface area (Å²) in [4.78, 5) is 31.2. The summed E-state index contributed by atoms with van der Waals surface area (Å²) in [5.41, 5.74) is 5.40. The zero-order valence-electron chi connectivity index (χ0n) is 16.3. The number of hydrogen-bond acceptors (Lipinski definition) is 4. The van der Waals surface area contributed by atoms with Gasteiger partial charge >= 0.3 is 0 Å². The van der Waals surface area contributed by atoms with Gasteiger partial charge in [0.25, 0.3) is 5.56 Å². The summed E-state index contributed by atoms with van der Waals surface area (Å²) < 4.78 is 1.44. The summed E-state index contributed by atoms with van der Waals surface area (Å²) in [6.07, 6.45) is 2.28. The summed E-state index contributed by atoms with van der Waals surface area (Å²) >= 11 is 0. The first-order valence-electron chi connectivity index (χ1n) is 9.89. The van der Waals surface area contributed by atoms with Crippen molar-refractivity contribution in [1.29, 1.82) is 0 Å². The number of carbonyl (C=O) groups is 1. The van der Waals surface area contributed by atoms with E-state index in [0.29, 0.717) is 16.7 Å². The number of aromatic nitrogens is 2. The lowest BCUT2D eigenvalue weighted by molar-refractivity contribution is -0.116. The molecule has 30 heavy (non-hydrogen) atoms. The second kappa shape index (κ2) is 7.48. The Hall–Kier alpha value is -3.93. The maximum atomic E-state index is 12.6. The fraction of sp³-hybridized carbons (Fsp3) is 0.125. The van der Waals surface area contributed by atoms with Crippen LogP contribution < -0.4 is 15.8 Å². The summed E-state index contributed by atoms with van der Waals surface area (Å²) in [7, 11) is 0. The third-order valence-corrected chi connectivity index (χ3v) is 5.40. The van der Waals surface area contributed by atoms with Crippen LogP contribution in [0.2, 0.25) is 0 Å². The molecule has 0 saturated carbocycles. The van der Waals surface area contributed by atoms with E-state index in [1.54, 1.807) is 6.07 Å². The predicted molar refractivity (Wildman–Crippen MR) is 118 cm³/mol. The maximum Gasteiger partial charge on any atom is 0.269 e. The van der Waals surface area contributed by atoms with Crippen LogP contribution in [0.3, 0.4) is 0 Å². The maximum absolute atomic E-state index is 12.6. The SMILES string of the molecule is O=C(Cn1c(=O)cnc2ccccc21)Nc1ccc(N2CCc3ccccc32)cc1. The van der Waals surface area contributed by atoms with Crippen LogP contribution in [0.5, 0.6) is 0 Å². The number of nitrogens with zero attached hydrogens (tertiary/aromatic N) is 3. The van der Waals surface area contributed by atoms with Crippen molar-refractivity contribution >= 4 is 34.0 Å². The molecule has 0 unspecified atom stereocenters. The van der Waals surface area contributed by atoms with Gasteiger partial charge in [0.15, 0.2) is 0 Å². The van der Waals surface area contributed by atoms with Crippen LogP contribution >= 0.6 is 0 Å². The highest BCUT2D eigenvalue weighted by Crippen LogP contribution is 2.34. The number of amides is 1. The molecule has 1 aromatic heterocycles. The first-order chi connectivity index (χ1) is 14.7. The van der Waals surface area contributed by atoms with E-state index in [9.17, 15) is 9.59 Å². The molecule has 2 heterocycles. The lowest BCUT2D eigenvalue weighted by Gasteiger charge is -2.20. The van der Waals surface area contributed by atoms with Crippen LogP contribution in [0.1, 0.15) is 5.56 Å². The van der Waals surface area contributed by atoms with E-state index in [-0.39, 0.29) is 18.0 Å². The molecular formula is C24H20N4O2. The molecule has 0 radical (unpaired) electrons. The van der Waals surface area contributed by atoms with Gasteiger partial charge in [-0.15, -0.1) is 0 Å². The second-order valence-corrected chi connectivity index (χ2v) is 7.30. The average Bonchev–Trinajstić information content (AvgIpc) is 3.20. The molecule has 0 saturated heterocycles. The largest absolute Gasteiger partial charge is 0.341 e. The van der Waals surface area contributed by atoms with Gasteiger partial charge in [0, 0.05) is 23.6 Å². The van der Waals surface area contributed by atoms with Gasteiger partial charge < -0.3 is 10.2 Å². The van der Waals surface area contributed by atoms with Gasteiger partial charge in [-0.05, 0) is 54.4 Å². The highest BCUT2D eigenvalue weighted by Gasteiger charge is 2.19. The second-order valence-electron chi connectivity index (χ2n) is 7.30. The number of rotatable bonds is 4. The van der Waals surface area contributed by atoms with Crippen LogP contribution in [0.4, 0.5) is 17.1 Å². The molecule has 5 rings (SSSR count). The van der Waals surface area contributed by atoms with Crippen LogP contribution in [0, 0.1) is 0 Å². The van der Waals surface area contributed by atoms with E-state index in [2.05, 4.69) is 39.5 Å². The molecule has 4 aromatic rings. The normalized spacial score (nSPS) is 12.7. The lowest BCUT2D eigenvalue weighted by Crippen LogP contribution is -2.28. The van der Waals surface area contributed by atoms with Crippen molar-refractivity contribution < 1.29 is 4.79 Å². The van der Waals surface area contributed by atoms with Gasteiger partial charge in [0.1, 0.15) is 6.54 Å². The van der Waals surface area contributed by atoms with Crippen LogP contribution in [-0.2, 0) is 17.8 Å². The highest BCUT2D eigenvalue weighted by molar-refractivity contribution is 5.91. The van der Waals surface area contributed by atoms with Crippen molar-refractivity contribution in [3.05, 3.63) is 94.9 Å². The van der Waals surface area contributed by atoms with Crippen LogP contribution in [0.25, 0.3) is 11.0 Å². The molecule has 1 N–H and O–H groups in total. The standard InChI is InChI=1S/C24H20N4O2/c29-23(16-28-22-8-4-2-6-20(22)25-15-24(28)30)26-18-9-11-19(12-10-18)27-14-13-17-5-1-3-7-21(17)27/h1-12,15H,13-14,16H2,(H,26,29). The number of fused-ring (bicyclic) bond motifs is 2. The zero-order valence-corrected chi connectivity index (χ0v) is 16.3. The van der Waals surface area contributed by atoms with Gasteiger partial charge in [0.2, 0.25) is 5.91 Å². The highest BCUT2D eigenvalue weighted by atomic mass is 16.2. The summed E-state index contributed by atoms with van der Waals surface area (Å²) in [6, 6.07) is 23.5. The fourth-order valence-electron chi connectivity index (χ4n) is 3.95. The minimum Gasteiger partial charge on any atom is -0.341 e. The Balaban J connectivity index is 1.32. The van der Waals surface area contributed by atoms with E-state index >= 15 is 0 Å². The molecule has 6 heteroatoms. The van der Waals surface area contributed by atoms with Crippen LogP contribution in [0.15, 0.2) is 83.8 Å². The van der Waals surface area contributed by atoms with Crippen molar-refractivity contribution in [1.82, 2.24) is 9.55 Å². The molecule has 1 amide bonds. The molecule has 0 atom stereocenters. The fourth-order valence-corrected chi connectivity index (χ4v) is 3.95. The predicted octanol–water partition coefficient (Wildman–Crippen LogP) is 3.73. The minimum absolute atomic E-state index is 0.0664. The van der Waals surface area contributed by atoms with E-state index in [4.69, 9.17) is 0 Å². The zero-order chi connectivity index (χ0) is 20.5. The molecule has 0 spiro atoms. The van der Waals surface area contributed by atoms with Crippen molar-refractivity contribution in [3.63, 3.8) is 0 Å². The van der Waals surface area contributed by atoms with Crippen LogP contribution in [-0.4, -0.2) is 22.0 Å². The molecule has 148 valence electrons. The Morgan fingerprint density at radius 3 is 2.60 bits per heavy atom. The van der Waals surface area contributed by atoms with Gasteiger partial charge in [0.05, 0.1) is 17.2 Å². The van der Waals surface area contributed by atoms with E-state index in [0.717, 1.165) is 18.7 Å². The molecule has 0 aliphatic carbocycles. The average molecular weight is 396 g/mol. The number of para-hydroxylation sites is 3. The summed E-state index contributed by atoms with van der Waals surface area (Å²) in [6.45, 7) is 0.881. The van der Waals surface area contributed by atoms with E-state index in [1.807, 2.05) is 42.5 Å². The van der Waals surface area contributed by atoms with Gasteiger partial charge in [-0.3, -0.25) is 14.2 Å². The Morgan fingerprint density at radius 1 is 0.967 bits per heavy atom. The molecule has 1 aliphatic heterocycles. The molecule has 0 fully saturated rings. The minimum atomic E-state index is -0.299. The molecule has 1 aliphatic rings. The number of carbonyl (C=O) groups excluding carboxylic acids is 1. The number of hydrogen-bond donors (Lipinski definition) is 1. The Morgan fingerprint density at radius 2 is 1.73 bits per heavy atom. The Bertz CT molecular complexity index is 1290. The topological polar surface area (TPSA) is 67.2 Å². The molecule has 6 nitrogen and oxygen atoms in total. The molecule has 0 bridgehead atoms. The first kappa shape index (κ1) is 18.1. The monoisotopic (exact) mass is 396 g/mol. The van der Waals surface area contributed by atoms with Crippen molar-refractivity contribution in [3.8, 4) is 0 Å². The molecule has 3 aromatic carbocycles. The quantitative estimate of drug-likeness (QED) is 0.571. The van der Waals surface area contributed by atoms with E-state index in [1.165, 1.54) is 22.0 Å². The number of benzene rings is 3. The third kappa shape index (κ3) is 3.33. The first-order valence-corrected chi connectivity index (χ1v) is 9.89. The third-order valence-electron chi connectivity index (χ3n) is 5.40. The van der Waals surface area contributed by atoms with Crippen molar-refractivity contribution in [2.75, 3.05) is 16.8 Å². The van der Waals surface area contributed by atoms with Gasteiger partial charge in [-0.1, -0.05) is 30.3 Å². The molecular weight excluding hydrogens is 376 g/mol. The summed E-state index contributed by atoms with van der Waals surface area (Å²) in [5.74, 6) is -0.257.